The van der Waals surface area contributed by atoms with Crippen LogP contribution in [0.1, 0.15) is 33.1 Å². The number of rotatable bonds is 7. The predicted molar refractivity (Wildman–Crippen MR) is 82.1 cm³/mol. The van der Waals surface area contributed by atoms with E-state index in [-0.39, 0.29) is 12.3 Å². The number of hydrogen-bond acceptors (Lipinski definition) is 3. The predicted octanol–water partition coefficient (Wildman–Crippen LogP) is 3.63. The molecule has 0 spiro atoms. The summed E-state index contributed by atoms with van der Waals surface area (Å²) in [6.45, 7) is 3.61. The summed E-state index contributed by atoms with van der Waals surface area (Å²) < 4.78 is 0. The molecule has 4 nitrogen and oxygen atoms in total. The van der Waals surface area contributed by atoms with Gasteiger partial charge in [0.05, 0.1) is 5.41 Å². The summed E-state index contributed by atoms with van der Waals surface area (Å²) in [5.74, 6) is -1.16. The van der Waals surface area contributed by atoms with Crippen LogP contribution in [0, 0.1) is 5.41 Å². The number of anilines is 1. The van der Waals surface area contributed by atoms with E-state index in [9.17, 15) is 14.7 Å². The first-order valence-electron chi connectivity index (χ1n) is 6.64. The summed E-state index contributed by atoms with van der Waals surface area (Å²) in [6.07, 6.45) is 2.87. The van der Waals surface area contributed by atoms with E-state index in [1.807, 2.05) is 30.5 Å². The number of carbonyl (C=O) groups is 2. The number of nitrogens with one attached hydrogen (secondary N) is 1. The molecule has 0 unspecified atom stereocenters. The number of hydrogen-bond donors (Lipinski definition) is 2. The van der Waals surface area contributed by atoms with E-state index in [2.05, 4.69) is 5.32 Å². The Kier molecular flexibility index (Phi) is 6.07. The zero-order chi connectivity index (χ0) is 15.2. The highest BCUT2D eigenvalue weighted by atomic mass is 32.2. The molecule has 1 aromatic rings. The van der Waals surface area contributed by atoms with Gasteiger partial charge in [0.25, 0.3) is 0 Å². The van der Waals surface area contributed by atoms with Gasteiger partial charge in [-0.3, -0.25) is 9.59 Å². The van der Waals surface area contributed by atoms with E-state index in [0.717, 1.165) is 4.90 Å². The molecular formula is C15H21NO3S. The fourth-order valence-corrected chi connectivity index (χ4v) is 2.47. The van der Waals surface area contributed by atoms with Crippen LogP contribution < -0.4 is 5.32 Å². The molecule has 0 aliphatic carbocycles. The van der Waals surface area contributed by atoms with Crippen molar-refractivity contribution in [2.45, 2.75) is 38.0 Å². The Morgan fingerprint density at radius 1 is 1.20 bits per heavy atom. The van der Waals surface area contributed by atoms with Crippen molar-refractivity contribution in [3.05, 3.63) is 24.3 Å². The van der Waals surface area contributed by atoms with Crippen molar-refractivity contribution in [2.75, 3.05) is 11.6 Å². The normalized spacial score (nSPS) is 11.2. The molecule has 20 heavy (non-hydrogen) atoms. The van der Waals surface area contributed by atoms with Gasteiger partial charge in [0, 0.05) is 17.0 Å². The van der Waals surface area contributed by atoms with E-state index in [1.165, 1.54) is 0 Å². The second-order valence-electron chi connectivity index (χ2n) is 4.75. The first-order valence-corrected chi connectivity index (χ1v) is 7.87. The van der Waals surface area contributed by atoms with Crippen molar-refractivity contribution in [3.63, 3.8) is 0 Å². The van der Waals surface area contributed by atoms with Crippen LogP contribution in [0.2, 0.25) is 0 Å². The van der Waals surface area contributed by atoms with Gasteiger partial charge in [-0.15, -0.1) is 11.8 Å². The molecule has 0 aliphatic heterocycles. The summed E-state index contributed by atoms with van der Waals surface area (Å²) in [7, 11) is 0. The van der Waals surface area contributed by atoms with Crippen LogP contribution >= 0.6 is 11.8 Å². The Hall–Kier alpha value is -1.49. The molecule has 0 heterocycles. The Balaban J connectivity index is 2.72. The lowest BCUT2D eigenvalue weighted by Gasteiger charge is -2.25. The lowest BCUT2D eigenvalue weighted by molar-refractivity contribution is -0.151. The van der Waals surface area contributed by atoms with Crippen LogP contribution in [0.15, 0.2) is 29.2 Å². The first-order chi connectivity index (χ1) is 9.47. The second-order valence-corrected chi connectivity index (χ2v) is 5.63. The second kappa shape index (κ2) is 7.33. The van der Waals surface area contributed by atoms with Gasteiger partial charge in [-0.25, -0.2) is 0 Å². The smallest absolute Gasteiger partial charge is 0.310 e. The highest BCUT2D eigenvalue weighted by Crippen LogP contribution is 2.31. The molecule has 0 radical (unpaired) electrons. The van der Waals surface area contributed by atoms with Crippen molar-refractivity contribution in [2.24, 2.45) is 5.41 Å². The number of aliphatic carboxylic acids is 1. The van der Waals surface area contributed by atoms with Gasteiger partial charge in [0.2, 0.25) is 5.91 Å². The summed E-state index contributed by atoms with van der Waals surface area (Å²) in [4.78, 5) is 24.5. The highest BCUT2D eigenvalue weighted by molar-refractivity contribution is 7.98. The molecule has 0 atom stereocenters. The topological polar surface area (TPSA) is 66.4 Å². The van der Waals surface area contributed by atoms with Crippen LogP contribution in [0.25, 0.3) is 0 Å². The zero-order valence-corrected chi connectivity index (χ0v) is 12.9. The molecule has 1 aromatic carbocycles. The van der Waals surface area contributed by atoms with Crippen molar-refractivity contribution >= 4 is 29.3 Å². The third-order valence-corrected chi connectivity index (χ3v) is 4.42. The maximum atomic E-state index is 12.0. The largest absolute Gasteiger partial charge is 0.481 e. The molecule has 0 aliphatic rings. The molecule has 0 saturated heterocycles. The average molecular weight is 295 g/mol. The minimum Gasteiger partial charge on any atom is -0.481 e. The lowest BCUT2D eigenvalue weighted by atomic mass is 9.79. The molecule has 0 aromatic heterocycles. The van der Waals surface area contributed by atoms with Crippen molar-refractivity contribution in [3.8, 4) is 0 Å². The van der Waals surface area contributed by atoms with Crippen molar-refractivity contribution < 1.29 is 14.7 Å². The van der Waals surface area contributed by atoms with Crippen LogP contribution in [0.5, 0.6) is 0 Å². The summed E-state index contributed by atoms with van der Waals surface area (Å²) in [5, 5.41) is 12.1. The molecule has 5 heteroatoms. The number of carboxylic acid groups (broad SMARTS) is 1. The molecule has 1 amide bonds. The third kappa shape index (κ3) is 4.00. The zero-order valence-electron chi connectivity index (χ0n) is 12.1. The van der Waals surface area contributed by atoms with Crippen LogP contribution in [-0.4, -0.2) is 23.2 Å². The Labute approximate surface area is 124 Å². The monoisotopic (exact) mass is 295 g/mol. The molecule has 110 valence electrons. The maximum Gasteiger partial charge on any atom is 0.310 e. The highest BCUT2D eigenvalue weighted by Gasteiger charge is 2.37. The maximum absolute atomic E-state index is 12.0. The number of thioether (sulfide) groups is 1. The van der Waals surface area contributed by atoms with Gasteiger partial charge in [-0.2, -0.15) is 0 Å². The molecule has 0 bridgehead atoms. The van der Waals surface area contributed by atoms with Crippen molar-refractivity contribution in [1.82, 2.24) is 0 Å². The Morgan fingerprint density at radius 3 is 2.15 bits per heavy atom. The number of carbonyl (C=O) groups excluding carboxylic acids is 1. The van der Waals surface area contributed by atoms with Gasteiger partial charge in [-0.05, 0) is 43.4 Å². The molecule has 2 N–H and O–H groups in total. The van der Waals surface area contributed by atoms with Gasteiger partial charge in [0.1, 0.15) is 0 Å². The molecular weight excluding hydrogens is 274 g/mol. The van der Waals surface area contributed by atoms with Gasteiger partial charge in [-0.1, -0.05) is 13.8 Å². The fraction of sp³-hybridized carbons (Fsp3) is 0.467. The van der Waals surface area contributed by atoms with Gasteiger partial charge >= 0.3 is 5.97 Å². The average Bonchev–Trinajstić information content (AvgIpc) is 2.45. The standard InChI is InChI=1S/C15H21NO3S/c1-4-15(5-2,14(18)19)10-13(17)16-11-6-8-12(20-3)9-7-11/h6-9H,4-5,10H2,1-3H3,(H,16,17)(H,18,19). The van der Waals surface area contributed by atoms with E-state index < -0.39 is 11.4 Å². The summed E-state index contributed by atoms with van der Waals surface area (Å²) in [5.41, 5.74) is -0.275. The number of carboxylic acids is 1. The van der Waals surface area contributed by atoms with Crippen LogP contribution in [0.3, 0.4) is 0 Å². The van der Waals surface area contributed by atoms with Crippen LogP contribution in [0.4, 0.5) is 5.69 Å². The van der Waals surface area contributed by atoms with E-state index in [0.29, 0.717) is 18.5 Å². The van der Waals surface area contributed by atoms with Crippen LogP contribution in [-0.2, 0) is 9.59 Å². The minimum atomic E-state index is -0.969. The molecule has 1 rings (SSSR count). The Morgan fingerprint density at radius 2 is 1.75 bits per heavy atom. The Bertz CT molecular complexity index is 467. The number of benzene rings is 1. The summed E-state index contributed by atoms with van der Waals surface area (Å²) in [6, 6.07) is 7.49. The molecule has 0 saturated carbocycles. The third-order valence-electron chi connectivity index (χ3n) is 3.68. The molecule has 0 fully saturated rings. The quantitative estimate of drug-likeness (QED) is 0.754. The van der Waals surface area contributed by atoms with Gasteiger partial charge < -0.3 is 10.4 Å². The van der Waals surface area contributed by atoms with Crippen molar-refractivity contribution in [1.29, 1.82) is 0 Å². The fourth-order valence-electron chi connectivity index (χ4n) is 2.06. The van der Waals surface area contributed by atoms with E-state index >= 15 is 0 Å². The minimum absolute atomic E-state index is 0.000384. The SMILES string of the molecule is CCC(CC)(CC(=O)Nc1ccc(SC)cc1)C(=O)O. The van der Waals surface area contributed by atoms with E-state index in [4.69, 9.17) is 0 Å². The summed E-state index contributed by atoms with van der Waals surface area (Å²) >= 11 is 1.63. The van der Waals surface area contributed by atoms with Gasteiger partial charge in [0.15, 0.2) is 0 Å². The first kappa shape index (κ1) is 16.6. The number of amides is 1. The van der Waals surface area contributed by atoms with E-state index in [1.54, 1.807) is 25.6 Å². The lowest BCUT2D eigenvalue weighted by Crippen LogP contribution is -2.34.